The number of carbonyl (C=O) groups is 1. The Labute approximate surface area is 248 Å². The van der Waals surface area contributed by atoms with E-state index < -0.39 is 38.0 Å². The molecule has 3 aliphatic heterocycles. The number of hydrogen-bond acceptors (Lipinski definition) is 8. The van der Waals surface area contributed by atoms with Crippen molar-refractivity contribution in [1.82, 2.24) is 14.5 Å². The molecule has 2 fully saturated rings. The quantitative estimate of drug-likeness (QED) is 0.366. The lowest BCUT2D eigenvalue weighted by Gasteiger charge is -2.31. The van der Waals surface area contributed by atoms with Gasteiger partial charge in [0.15, 0.2) is 5.82 Å². The van der Waals surface area contributed by atoms with Crippen molar-refractivity contribution in [3.05, 3.63) is 64.9 Å². The highest BCUT2D eigenvalue weighted by atomic mass is 32.2. The lowest BCUT2D eigenvalue weighted by Crippen LogP contribution is -2.40. The number of nitrogens with one attached hydrogen (secondary N) is 3. The number of nitrogens with zero attached hydrogens (tertiary/aromatic N) is 3. The first-order valence-corrected chi connectivity index (χ1v) is 15.7. The molecule has 3 aliphatic rings. The maximum atomic E-state index is 13.9. The van der Waals surface area contributed by atoms with Gasteiger partial charge in [0.2, 0.25) is 10.0 Å². The molecule has 230 valence electrons. The molecule has 0 aliphatic carbocycles. The average Bonchev–Trinajstić information content (AvgIpc) is 3.51. The molecule has 14 heteroatoms. The van der Waals surface area contributed by atoms with Crippen LogP contribution in [0.4, 0.5) is 26.0 Å². The van der Waals surface area contributed by atoms with Crippen molar-refractivity contribution in [3.8, 4) is 0 Å². The fourth-order valence-corrected chi connectivity index (χ4v) is 7.66. The molecule has 6 rings (SSSR count). The number of sulfonamides is 1. The Balaban J connectivity index is 1.27. The number of amides is 1. The third-order valence-electron chi connectivity index (χ3n) is 8.27. The van der Waals surface area contributed by atoms with Gasteiger partial charge in [-0.15, -0.1) is 0 Å². The van der Waals surface area contributed by atoms with Crippen molar-refractivity contribution < 1.29 is 31.5 Å². The summed E-state index contributed by atoms with van der Waals surface area (Å²) in [6, 6.07) is 7.98. The molecule has 0 atom stereocenters. The summed E-state index contributed by atoms with van der Waals surface area (Å²) in [6.07, 6.45) is 1.62. The molecular weight excluding hydrogens is 582 g/mol. The van der Waals surface area contributed by atoms with Gasteiger partial charge in [0.25, 0.3) is 5.91 Å². The van der Waals surface area contributed by atoms with Gasteiger partial charge >= 0.3 is 0 Å². The van der Waals surface area contributed by atoms with Gasteiger partial charge in [-0.3, -0.25) is 9.89 Å². The molecule has 0 saturated carbocycles. The molecule has 2 saturated heterocycles. The second-order valence-electron chi connectivity index (χ2n) is 11.4. The summed E-state index contributed by atoms with van der Waals surface area (Å²) >= 11 is 0. The average molecular weight is 617 g/mol. The summed E-state index contributed by atoms with van der Waals surface area (Å²) in [5, 5.41) is 13.6. The third-order valence-corrected chi connectivity index (χ3v) is 10.3. The van der Waals surface area contributed by atoms with E-state index in [4.69, 9.17) is 9.47 Å². The van der Waals surface area contributed by atoms with Gasteiger partial charge in [-0.2, -0.15) is 9.40 Å². The fraction of sp³-hybridized carbons (Fsp3) is 0.448. The molecule has 3 N–H and O–H groups in total. The fourth-order valence-electron chi connectivity index (χ4n) is 5.89. The number of morpholine rings is 1. The van der Waals surface area contributed by atoms with Gasteiger partial charge in [0, 0.05) is 61.9 Å². The van der Waals surface area contributed by atoms with Crippen LogP contribution in [0.3, 0.4) is 0 Å². The van der Waals surface area contributed by atoms with E-state index in [0.29, 0.717) is 55.0 Å². The molecule has 0 bridgehead atoms. The first-order chi connectivity index (χ1) is 20.5. The van der Waals surface area contributed by atoms with E-state index in [-0.39, 0.29) is 18.4 Å². The van der Waals surface area contributed by atoms with Crippen molar-refractivity contribution in [1.29, 1.82) is 0 Å². The molecule has 4 heterocycles. The summed E-state index contributed by atoms with van der Waals surface area (Å²) in [7, 11) is -4.31. The summed E-state index contributed by atoms with van der Waals surface area (Å²) in [5.74, 6) is -2.21. The van der Waals surface area contributed by atoms with Crippen LogP contribution in [-0.4, -0.2) is 74.4 Å². The van der Waals surface area contributed by atoms with Crippen LogP contribution in [0.15, 0.2) is 41.3 Å². The van der Waals surface area contributed by atoms with Crippen LogP contribution in [-0.2, 0) is 31.6 Å². The predicted molar refractivity (Wildman–Crippen MR) is 156 cm³/mol. The molecular formula is C29H34F2N6O5S. The van der Waals surface area contributed by atoms with Crippen molar-refractivity contribution >= 4 is 33.1 Å². The number of hydrogen-bond donors (Lipinski definition) is 3. The molecule has 0 spiro atoms. The maximum absolute atomic E-state index is 13.9. The Bertz CT molecular complexity index is 1610. The Morgan fingerprint density at radius 3 is 2.40 bits per heavy atom. The molecule has 1 amide bonds. The van der Waals surface area contributed by atoms with Crippen molar-refractivity contribution in [3.63, 3.8) is 0 Å². The highest BCUT2D eigenvalue weighted by molar-refractivity contribution is 7.89. The van der Waals surface area contributed by atoms with E-state index in [1.54, 1.807) is 19.9 Å². The van der Waals surface area contributed by atoms with E-state index in [1.807, 2.05) is 12.1 Å². The molecule has 43 heavy (non-hydrogen) atoms. The number of rotatable bonds is 7. The smallest absolute Gasteiger partial charge is 0.258 e. The van der Waals surface area contributed by atoms with E-state index in [9.17, 15) is 22.0 Å². The predicted octanol–water partition coefficient (Wildman–Crippen LogP) is 3.81. The number of aromatic amines is 1. The Kier molecular flexibility index (Phi) is 7.87. The molecule has 0 radical (unpaired) electrons. The van der Waals surface area contributed by atoms with Crippen LogP contribution < -0.4 is 15.5 Å². The minimum absolute atomic E-state index is 0.141. The number of benzene rings is 2. The van der Waals surface area contributed by atoms with E-state index in [1.165, 1.54) is 0 Å². The zero-order valence-electron chi connectivity index (χ0n) is 24.0. The monoisotopic (exact) mass is 616 g/mol. The summed E-state index contributed by atoms with van der Waals surface area (Å²) in [5.41, 5.74) is 1.89. The number of H-pyrrole nitrogens is 1. The maximum Gasteiger partial charge on any atom is 0.258 e. The van der Waals surface area contributed by atoms with Crippen molar-refractivity contribution in [2.45, 2.75) is 49.7 Å². The van der Waals surface area contributed by atoms with Crippen LogP contribution in [0, 0.1) is 11.6 Å². The highest BCUT2D eigenvalue weighted by Crippen LogP contribution is 2.44. The van der Waals surface area contributed by atoms with Crippen LogP contribution in [0.2, 0.25) is 0 Å². The molecule has 0 unspecified atom stereocenters. The Hall–Kier alpha value is -3.59. The SMILES string of the molecule is CC1(C)c2[nH]nc(NC(=O)c3ccc(N4CCOCC4)cc3NC3CCOCC3)c2CN1S(=O)(=O)c1cc(F)cc(F)c1. The Morgan fingerprint density at radius 1 is 1.02 bits per heavy atom. The summed E-state index contributed by atoms with van der Waals surface area (Å²) in [6.45, 7) is 7.21. The van der Waals surface area contributed by atoms with Crippen molar-refractivity contribution in [2.75, 3.05) is 55.1 Å². The number of aromatic nitrogens is 2. The van der Waals surface area contributed by atoms with Gasteiger partial charge < -0.3 is 25.0 Å². The van der Waals surface area contributed by atoms with E-state index in [0.717, 1.165) is 48.1 Å². The normalized spacial score (nSPS) is 19.3. The Morgan fingerprint density at radius 2 is 1.70 bits per heavy atom. The largest absolute Gasteiger partial charge is 0.381 e. The standard InChI is InChI=1S/C29H34F2N6O5S/c1-29(2)26-24(17-37(29)43(39,40)22-14-18(30)13-19(31)15-22)27(35-34-26)33-28(38)23-4-3-21(36-7-11-42-12-8-36)16-25(23)32-20-5-9-41-10-6-20/h3-4,13-16,20,32H,5-12,17H2,1-2H3,(H2,33,34,35,38). The minimum Gasteiger partial charge on any atom is -0.381 e. The number of anilines is 3. The van der Waals surface area contributed by atoms with Crippen molar-refractivity contribution in [2.24, 2.45) is 0 Å². The summed E-state index contributed by atoms with van der Waals surface area (Å²) in [4.78, 5) is 15.4. The molecule has 11 nitrogen and oxygen atoms in total. The third kappa shape index (κ3) is 5.71. The topological polar surface area (TPSA) is 129 Å². The van der Waals surface area contributed by atoms with Gasteiger partial charge in [-0.1, -0.05) is 0 Å². The molecule has 1 aromatic heterocycles. The number of ether oxygens (including phenoxy) is 2. The van der Waals surface area contributed by atoms with Crippen LogP contribution in [0.5, 0.6) is 0 Å². The van der Waals surface area contributed by atoms with Gasteiger partial charge in [-0.25, -0.2) is 17.2 Å². The number of fused-ring (bicyclic) bond motifs is 1. The second kappa shape index (κ2) is 11.5. The molecule has 3 aromatic rings. The highest BCUT2D eigenvalue weighted by Gasteiger charge is 2.48. The molecule has 2 aromatic carbocycles. The number of halogens is 2. The van der Waals surface area contributed by atoms with Crippen LogP contribution >= 0.6 is 0 Å². The van der Waals surface area contributed by atoms with Gasteiger partial charge in [-0.05, 0) is 57.0 Å². The van der Waals surface area contributed by atoms with E-state index >= 15 is 0 Å². The second-order valence-corrected chi connectivity index (χ2v) is 13.3. The lowest BCUT2D eigenvalue weighted by molar-refractivity contribution is 0.0904. The van der Waals surface area contributed by atoms with Crippen LogP contribution in [0.1, 0.15) is 48.3 Å². The van der Waals surface area contributed by atoms with Gasteiger partial charge in [0.05, 0.1) is 34.9 Å². The lowest BCUT2D eigenvalue weighted by atomic mass is 10.0. The zero-order valence-corrected chi connectivity index (χ0v) is 24.8. The van der Waals surface area contributed by atoms with E-state index in [2.05, 4.69) is 25.7 Å². The first kappa shape index (κ1) is 29.5. The zero-order chi connectivity index (χ0) is 30.4. The van der Waals surface area contributed by atoms with Crippen LogP contribution in [0.25, 0.3) is 0 Å². The summed E-state index contributed by atoms with van der Waals surface area (Å²) < 4.78 is 67.0. The number of carbonyl (C=O) groups excluding carboxylic acids is 1. The first-order valence-electron chi connectivity index (χ1n) is 14.2. The minimum atomic E-state index is -4.31. The van der Waals surface area contributed by atoms with Gasteiger partial charge in [0.1, 0.15) is 11.6 Å².